The Hall–Kier alpha value is -4.68. The van der Waals surface area contributed by atoms with Gasteiger partial charge in [0.15, 0.2) is 21.6 Å². The second-order valence-electron chi connectivity index (χ2n) is 11.9. The smallest absolute Gasteiger partial charge is 0.301 e. The molecule has 248 valence electrons. The number of ether oxygens (including phenoxy) is 2. The molecule has 6 rings (SSSR count). The molecule has 2 aromatic carbocycles. The van der Waals surface area contributed by atoms with Crippen LogP contribution in [0.5, 0.6) is 11.5 Å². The minimum Gasteiger partial charge on any atom is -0.505 e. The van der Waals surface area contributed by atoms with Gasteiger partial charge in [-0.25, -0.2) is 4.98 Å². The van der Waals surface area contributed by atoms with Crippen molar-refractivity contribution < 1.29 is 24.2 Å². The Balaban J connectivity index is 1.46. The summed E-state index contributed by atoms with van der Waals surface area (Å²) in [6.45, 7) is 10.8. The molecule has 12 heteroatoms. The number of ketones is 1. The van der Waals surface area contributed by atoms with E-state index in [0.29, 0.717) is 57.6 Å². The Bertz CT molecular complexity index is 2000. The molecule has 0 aliphatic carbocycles. The highest BCUT2D eigenvalue weighted by Crippen LogP contribution is 2.46. The molecule has 10 nitrogen and oxygen atoms in total. The molecule has 1 amide bonds. The highest BCUT2D eigenvalue weighted by Gasteiger charge is 2.49. The van der Waals surface area contributed by atoms with Gasteiger partial charge in [-0.3, -0.25) is 14.5 Å². The number of anilines is 1. The third-order valence-corrected chi connectivity index (χ3v) is 10.2. The van der Waals surface area contributed by atoms with Gasteiger partial charge in [-0.2, -0.15) is 0 Å². The zero-order valence-corrected chi connectivity index (χ0v) is 29.1. The minimum atomic E-state index is -1.03. The van der Waals surface area contributed by atoms with Gasteiger partial charge in [-0.15, -0.1) is 10.2 Å². The zero-order valence-electron chi connectivity index (χ0n) is 27.5. The van der Waals surface area contributed by atoms with Crippen LogP contribution in [0.3, 0.4) is 0 Å². The molecular formula is C36H37N5O5S2. The Labute approximate surface area is 287 Å². The summed E-state index contributed by atoms with van der Waals surface area (Å²) in [7, 11) is 0. The average Bonchev–Trinajstić information content (AvgIpc) is 3.76. The maximum absolute atomic E-state index is 13.9. The number of benzene rings is 2. The highest BCUT2D eigenvalue weighted by atomic mass is 32.2. The lowest BCUT2D eigenvalue weighted by Gasteiger charge is -2.23. The molecule has 0 spiro atoms. The fourth-order valence-electron chi connectivity index (χ4n) is 5.58. The van der Waals surface area contributed by atoms with E-state index in [1.165, 1.54) is 28.0 Å². The second kappa shape index (κ2) is 14.2. The fraction of sp³-hybridized carbons (Fsp3) is 0.306. The van der Waals surface area contributed by atoms with Crippen LogP contribution in [-0.4, -0.2) is 49.6 Å². The first-order valence-electron chi connectivity index (χ1n) is 15.8. The van der Waals surface area contributed by atoms with E-state index < -0.39 is 17.7 Å². The van der Waals surface area contributed by atoms with Crippen LogP contribution < -0.4 is 14.4 Å². The van der Waals surface area contributed by atoms with Crippen LogP contribution in [0, 0.1) is 19.8 Å². The van der Waals surface area contributed by atoms with Gasteiger partial charge in [0.2, 0.25) is 5.13 Å². The largest absolute Gasteiger partial charge is 0.505 e. The summed E-state index contributed by atoms with van der Waals surface area (Å²) in [5, 5.41) is 20.8. The number of aryl methyl sites for hydroxylation is 2. The standard InChI is InChI=1S/C36H37N5O5S2/c1-6-45-27-19-25(14-15-26(27)46-18-16-21(2)3)30-28(31(42)29-23(5)40-17-10-11-22(4)33(40)37-29)32(43)34(44)41(30)35-38-39-36(48-35)47-20-24-12-8-7-9-13-24/h7-15,17,19,21,30,42H,6,16,18,20H2,1-5H3/b31-28+. The molecule has 1 unspecified atom stereocenters. The SMILES string of the molecule is CCOc1cc(C2/C(=C(\O)c3nc4c(C)cccn4c3C)C(=O)C(=O)N2c2nnc(SCc3ccccc3)s2)ccc1OCCC(C)C. The number of nitrogens with zero attached hydrogens (tertiary/aromatic N) is 5. The summed E-state index contributed by atoms with van der Waals surface area (Å²) >= 11 is 2.71. The Kier molecular flexibility index (Phi) is 9.83. The Morgan fingerprint density at radius 3 is 2.54 bits per heavy atom. The Morgan fingerprint density at radius 2 is 1.81 bits per heavy atom. The van der Waals surface area contributed by atoms with Crippen molar-refractivity contribution in [2.24, 2.45) is 5.92 Å². The van der Waals surface area contributed by atoms with Crippen LogP contribution in [0.1, 0.15) is 61.3 Å². The lowest BCUT2D eigenvalue weighted by atomic mass is 9.96. The second-order valence-corrected chi connectivity index (χ2v) is 14.1. The van der Waals surface area contributed by atoms with Crippen molar-refractivity contribution in [2.45, 2.75) is 57.2 Å². The maximum Gasteiger partial charge on any atom is 0.301 e. The van der Waals surface area contributed by atoms with Crippen LogP contribution in [0.2, 0.25) is 0 Å². The normalized spacial score (nSPS) is 16.0. The number of aromatic nitrogens is 4. The number of carbonyl (C=O) groups is 2. The summed E-state index contributed by atoms with van der Waals surface area (Å²) in [6, 6.07) is 18.1. The first-order chi connectivity index (χ1) is 23.2. The van der Waals surface area contributed by atoms with E-state index in [2.05, 4.69) is 24.0 Å². The maximum atomic E-state index is 13.9. The number of fused-ring (bicyclic) bond motifs is 1. The first-order valence-corrected chi connectivity index (χ1v) is 17.6. The van der Waals surface area contributed by atoms with Crippen molar-refractivity contribution in [2.75, 3.05) is 18.1 Å². The van der Waals surface area contributed by atoms with Crippen molar-refractivity contribution in [1.82, 2.24) is 19.6 Å². The number of rotatable bonds is 12. The lowest BCUT2D eigenvalue weighted by Crippen LogP contribution is -2.29. The number of carbonyl (C=O) groups excluding carboxylic acids is 2. The third kappa shape index (κ3) is 6.54. The molecule has 1 fully saturated rings. The molecule has 0 bridgehead atoms. The van der Waals surface area contributed by atoms with Crippen LogP contribution >= 0.6 is 23.1 Å². The van der Waals surface area contributed by atoms with Crippen molar-refractivity contribution >= 4 is 51.3 Å². The number of hydrogen-bond acceptors (Lipinski definition) is 10. The van der Waals surface area contributed by atoms with Crippen molar-refractivity contribution in [3.05, 3.63) is 101 Å². The molecule has 4 heterocycles. The molecule has 1 saturated heterocycles. The van der Waals surface area contributed by atoms with E-state index >= 15 is 0 Å². The molecule has 0 radical (unpaired) electrons. The summed E-state index contributed by atoms with van der Waals surface area (Å²) in [5.41, 5.74) is 3.99. The molecule has 1 aliphatic heterocycles. The van der Waals surface area contributed by atoms with Gasteiger partial charge < -0.3 is 19.0 Å². The van der Waals surface area contributed by atoms with Crippen LogP contribution in [0.15, 0.2) is 76.8 Å². The topological polar surface area (TPSA) is 119 Å². The molecule has 1 aliphatic rings. The van der Waals surface area contributed by atoms with Crippen LogP contribution in [0.25, 0.3) is 11.4 Å². The van der Waals surface area contributed by atoms with E-state index in [1.54, 1.807) is 18.2 Å². The predicted octanol–water partition coefficient (Wildman–Crippen LogP) is 7.54. The van der Waals surface area contributed by atoms with Gasteiger partial charge in [0, 0.05) is 11.9 Å². The number of amides is 1. The lowest BCUT2D eigenvalue weighted by molar-refractivity contribution is -0.132. The summed E-state index contributed by atoms with van der Waals surface area (Å²) in [6.07, 6.45) is 2.72. The van der Waals surface area contributed by atoms with Crippen molar-refractivity contribution in [3.63, 3.8) is 0 Å². The monoisotopic (exact) mass is 683 g/mol. The average molecular weight is 684 g/mol. The summed E-state index contributed by atoms with van der Waals surface area (Å²) in [5.74, 6) is 0.148. The number of imidazole rings is 1. The van der Waals surface area contributed by atoms with Crippen molar-refractivity contribution in [3.8, 4) is 11.5 Å². The molecule has 0 saturated carbocycles. The van der Waals surface area contributed by atoms with E-state index in [9.17, 15) is 14.7 Å². The number of Topliss-reactive ketones (excluding diaryl/α,β-unsaturated/α-hetero) is 1. The summed E-state index contributed by atoms with van der Waals surface area (Å²) < 4.78 is 14.6. The van der Waals surface area contributed by atoms with Gasteiger partial charge in [-0.05, 0) is 68.0 Å². The number of aliphatic hydroxyl groups excluding tert-OH is 1. The number of pyridine rings is 1. The van der Waals surface area contributed by atoms with Crippen molar-refractivity contribution in [1.29, 1.82) is 0 Å². The van der Waals surface area contributed by atoms with E-state index in [1.807, 2.05) is 73.8 Å². The van der Waals surface area contributed by atoms with Gasteiger partial charge in [-0.1, -0.05) is 79.4 Å². The van der Waals surface area contributed by atoms with Gasteiger partial charge in [0.25, 0.3) is 5.78 Å². The minimum absolute atomic E-state index is 0.0891. The van der Waals surface area contributed by atoms with Crippen LogP contribution in [0.4, 0.5) is 5.13 Å². The number of thioether (sulfide) groups is 1. The number of hydrogen-bond donors (Lipinski definition) is 1. The third-order valence-electron chi connectivity index (χ3n) is 8.10. The predicted molar refractivity (Wildman–Crippen MR) is 188 cm³/mol. The molecule has 3 aromatic heterocycles. The van der Waals surface area contributed by atoms with E-state index in [0.717, 1.165) is 17.5 Å². The number of aliphatic hydroxyl groups is 1. The molecule has 1 N–H and O–H groups in total. The molecule has 48 heavy (non-hydrogen) atoms. The highest BCUT2D eigenvalue weighted by molar-refractivity contribution is 8.00. The van der Waals surface area contributed by atoms with Gasteiger partial charge in [0.05, 0.1) is 30.5 Å². The quantitative estimate of drug-likeness (QED) is 0.0468. The van der Waals surface area contributed by atoms with E-state index in [4.69, 9.17) is 14.5 Å². The molecule has 1 atom stereocenters. The Morgan fingerprint density at radius 1 is 1.02 bits per heavy atom. The van der Waals surface area contributed by atoms with Gasteiger partial charge in [0.1, 0.15) is 11.3 Å². The van der Waals surface area contributed by atoms with Crippen LogP contribution in [-0.2, 0) is 15.3 Å². The molecular weight excluding hydrogens is 647 g/mol. The molecule has 5 aromatic rings. The van der Waals surface area contributed by atoms with Gasteiger partial charge >= 0.3 is 5.91 Å². The fourth-order valence-corrected chi connectivity index (χ4v) is 7.41. The first kappa shape index (κ1) is 33.2. The summed E-state index contributed by atoms with van der Waals surface area (Å²) in [4.78, 5) is 33.9. The van der Waals surface area contributed by atoms with E-state index in [-0.39, 0.29) is 22.2 Å². The zero-order chi connectivity index (χ0) is 33.9.